The highest BCUT2D eigenvalue weighted by Gasteiger charge is 2.45. The summed E-state index contributed by atoms with van der Waals surface area (Å²) >= 11 is 1.80. The van der Waals surface area contributed by atoms with Crippen LogP contribution in [0.5, 0.6) is 0 Å². The highest BCUT2D eigenvalue weighted by Crippen LogP contribution is 2.46. The van der Waals surface area contributed by atoms with Crippen LogP contribution in [0.4, 0.5) is 0 Å². The van der Waals surface area contributed by atoms with E-state index in [9.17, 15) is 14.7 Å². The number of aliphatic hydroxyl groups is 1. The van der Waals surface area contributed by atoms with Crippen LogP contribution < -0.4 is 0 Å². The zero-order chi connectivity index (χ0) is 26.7. The molecule has 37 heavy (non-hydrogen) atoms. The number of thiophene rings is 1. The highest BCUT2D eigenvalue weighted by molar-refractivity contribution is 7.13. The molecule has 0 amide bonds. The van der Waals surface area contributed by atoms with Crippen molar-refractivity contribution in [2.75, 3.05) is 0 Å². The SMILES string of the molecule is CC(=O)C[C@H](C(=O)C1C[C@H](O)C[C@H]1C1=CC=CC1CCCc1cccc(-c2sccc2C)c1)C(C)(C)C. The van der Waals surface area contributed by atoms with Crippen molar-refractivity contribution in [2.45, 2.75) is 79.2 Å². The topological polar surface area (TPSA) is 54.4 Å². The van der Waals surface area contributed by atoms with Gasteiger partial charge in [0, 0.05) is 23.1 Å². The molecule has 0 bridgehead atoms. The quantitative estimate of drug-likeness (QED) is 0.350. The molecule has 5 atom stereocenters. The number of aryl methyl sites for hydroxylation is 2. The molecule has 1 heterocycles. The summed E-state index contributed by atoms with van der Waals surface area (Å²) in [7, 11) is 0. The first-order valence-corrected chi connectivity index (χ1v) is 14.7. The van der Waals surface area contributed by atoms with Gasteiger partial charge in [0.05, 0.1) is 6.10 Å². The van der Waals surface area contributed by atoms with E-state index in [-0.39, 0.29) is 41.2 Å². The van der Waals surface area contributed by atoms with E-state index in [2.05, 4.69) is 60.9 Å². The molecule has 0 radical (unpaired) electrons. The second kappa shape index (κ2) is 11.6. The van der Waals surface area contributed by atoms with Crippen LogP contribution in [0.25, 0.3) is 10.4 Å². The predicted molar refractivity (Wildman–Crippen MR) is 154 cm³/mol. The highest BCUT2D eigenvalue weighted by atomic mass is 32.1. The molecule has 0 spiro atoms. The third-order valence-corrected chi connectivity index (χ3v) is 9.37. The normalized spacial score (nSPS) is 24.3. The van der Waals surface area contributed by atoms with Gasteiger partial charge in [0.15, 0.2) is 0 Å². The summed E-state index contributed by atoms with van der Waals surface area (Å²) in [5.74, 6) is 0.0739. The summed E-state index contributed by atoms with van der Waals surface area (Å²) in [6.07, 6.45) is 10.7. The lowest BCUT2D eigenvalue weighted by molar-refractivity contribution is -0.134. The monoisotopic (exact) mass is 518 g/mol. The first-order valence-electron chi connectivity index (χ1n) is 13.8. The van der Waals surface area contributed by atoms with Crippen molar-refractivity contribution in [3.8, 4) is 10.4 Å². The summed E-state index contributed by atoms with van der Waals surface area (Å²) in [5, 5.41) is 12.8. The lowest BCUT2D eigenvalue weighted by Gasteiger charge is -2.33. The van der Waals surface area contributed by atoms with Gasteiger partial charge < -0.3 is 9.90 Å². The Balaban J connectivity index is 1.42. The third-order valence-electron chi connectivity index (χ3n) is 8.30. The third kappa shape index (κ3) is 6.59. The second-order valence-corrected chi connectivity index (χ2v) is 13.2. The van der Waals surface area contributed by atoms with Gasteiger partial charge in [-0.15, -0.1) is 11.3 Å². The molecule has 0 aliphatic heterocycles. The molecular weight excluding hydrogens is 476 g/mol. The van der Waals surface area contributed by atoms with E-state index in [1.54, 1.807) is 18.3 Å². The number of benzene rings is 1. The maximum Gasteiger partial charge on any atom is 0.140 e. The molecule has 1 saturated carbocycles. The molecule has 2 aliphatic carbocycles. The van der Waals surface area contributed by atoms with Crippen molar-refractivity contribution in [2.24, 2.45) is 29.1 Å². The number of rotatable bonds is 10. The number of allylic oxidation sites excluding steroid dienone is 4. The molecule has 1 N–H and O–H groups in total. The smallest absolute Gasteiger partial charge is 0.140 e. The standard InChI is InChI=1S/C33H42O3S/c1-21-15-16-37-32(21)25-13-7-10-23(18-25)9-6-11-24-12-8-14-27(24)28-19-26(35)20-29(28)31(36)30(17-22(2)34)33(3,4)5/h7-8,10,12-16,18,24,26,28-30,35H,6,9,11,17,19-20H2,1-5H3/t24?,26-,28+,29?,30-/m1/s1. The zero-order valence-electron chi connectivity index (χ0n) is 23.0. The molecule has 3 nitrogen and oxygen atoms in total. The Morgan fingerprint density at radius 2 is 1.95 bits per heavy atom. The number of ketones is 2. The van der Waals surface area contributed by atoms with Gasteiger partial charge in [-0.25, -0.2) is 0 Å². The van der Waals surface area contributed by atoms with Gasteiger partial charge in [-0.1, -0.05) is 68.8 Å². The molecule has 198 valence electrons. The molecule has 2 aromatic rings. The fourth-order valence-corrected chi connectivity index (χ4v) is 7.26. The van der Waals surface area contributed by atoms with Gasteiger partial charge in [0.1, 0.15) is 11.6 Å². The lowest BCUT2D eigenvalue weighted by Crippen LogP contribution is -2.36. The van der Waals surface area contributed by atoms with Crippen LogP contribution in [0.3, 0.4) is 0 Å². The average molecular weight is 519 g/mol. The van der Waals surface area contributed by atoms with Crippen LogP contribution >= 0.6 is 11.3 Å². The number of carbonyl (C=O) groups is 2. The van der Waals surface area contributed by atoms with E-state index < -0.39 is 6.10 Å². The van der Waals surface area contributed by atoms with Gasteiger partial charge in [0.25, 0.3) is 0 Å². The maximum absolute atomic E-state index is 13.8. The van der Waals surface area contributed by atoms with Crippen molar-refractivity contribution in [1.29, 1.82) is 0 Å². The van der Waals surface area contributed by atoms with Gasteiger partial charge in [-0.3, -0.25) is 4.79 Å². The largest absolute Gasteiger partial charge is 0.393 e. The first-order chi connectivity index (χ1) is 17.5. The van der Waals surface area contributed by atoms with Crippen LogP contribution in [0.1, 0.15) is 70.9 Å². The van der Waals surface area contributed by atoms with E-state index in [1.165, 1.54) is 27.1 Å². The molecule has 4 rings (SSSR count). The van der Waals surface area contributed by atoms with Gasteiger partial charge in [0.2, 0.25) is 0 Å². The van der Waals surface area contributed by atoms with Gasteiger partial charge in [-0.2, -0.15) is 0 Å². The van der Waals surface area contributed by atoms with E-state index in [0.29, 0.717) is 18.8 Å². The molecule has 1 aromatic heterocycles. The van der Waals surface area contributed by atoms with Crippen LogP contribution in [0.2, 0.25) is 0 Å². The Morgan fingerprint density at radius 3 is 2.62 bits per heavy atom. The Morgan fingerprint density at radius 1 is 1.16 bits per heavy atom. The average Bonchev–Trinajstić information content (AvgIpc) is 3.56. The van der Waals surface area contributed by atoms with E-state index >= 15 is 0 Å². The van der Waals surface area contributed by atoms with E-state index in [1.807, 2.05) is 20.8 Å². The summed E-state index contributed by atoms with van der Waals surface area (Å²) in [5.41, 5.74) is 5.01. The first kappa shape index (κ1) is 27.7. The zero-order valence-corrected chi connectivity index (χ0v) is 23.8. The number of carbonyl (C=O) groups excluding carboxylic acids is 2. The number of hydrogen-bond donors (Lipinski definition) is 1. The molecule has 1 aromatic carbocycles. The molecule has 4 heteroatoms. The van der Waals surface area contributed by atoms with Crippen molar-refractivity contribution >= 4 is 22.9 Å². The molecule has 2 unspecified atom stereocenters. The van der Waals surface area contributed by atoms with E-state index in [4.69, 9.17) is 0 Å². The number of Topliss-reactive ketones (excluding diaryl/α,β-unsaturated/α-hetero) is 2. The second-order valence-electron chi connectivity index (χ2n) is 12.2. The van der Waals surface area contributed by atoms with E-state index in [0.717, 1.165) is 19.3 Å². The van der Waals surface area contributed by atoms with Crippen molar-refractivity contribution < 1.29 is 14.7 Å². The number of hydrogen-bond acceptors (Lipinski definition) is 4. The van der Waals surface area contributed by atoms with Gasteiger partial charge in [-0.05, 0) is 91.3 Å². The minimum atomic E-state index is -0.456. The summed E-state index contributed by atoms with van der Waals surface area (Å²) in [6.45, 7) is 9.89. The number of aliphatic hydroxyl groups excluding tert-OH is 1. The van der Waals surface area contributed by atoms with Crippen molar-refractivity contribution in [3.05, 3.63) is 70.6 Å². The molecule has 1 fully saturated rings. The Labute approximate surface area is 226 Å². The lowest BCUT2D eigenvalue weighted by atomic mass is 9.69. The Bertz CT molecular complexity index is 1180. The van der Waals surface area contributed by atoms with Crippen molar-refractivity contribution in [1.82, 2.24) is 0 Å². The minimum absolute atomic E-state index is 0.0568. The van der Waals surface area contributed by atoms with Crippen LogP contribution in [-0.2, 0) is 16.0 Å². The maximum atomic E-state index is 13.8. The van der Waals surface area contributed by atoms with Crippen molar-refractivity contribution in [3.63, 3.8) is 0 Å². The van der Waals surface area contributed by atoms with Crippen LogP contribution in [0, 0.1) is 36.0 Å². The Kier molecular flexibility index (Phi) is 8.70. The summed E-state index contributed by atoms with van der Waals surface area (Å²) in [4.78, 5) is 27.1. The molecular formula is C33H42O3S. The molecule has 2 aliphatic rings. The summed E-state index contributed by atoms with van der Waals surface area (Å²) < 4.78 is 0. The van der Waals surface area contributed by atoms with Crippen LogP contribution in [-0.4, -0.2) is 22.8 Å². The van der Waals surface area contributed by atoms with Gasteiger partial charge >= 0.3 is 0 Å². The Hall–Kier alpha value is -2.30. The van der Waals surface area contributed by atoms with Crippen LogP contribution in [0.15, 0.2) is 59.5 Å². The molecule has 0 saturated heterocycles. The minimum Gasteiger partial charge on any atom is -0.393 e. The predicted octanol–water partition coefficient (Wildman–Crippen LogP) is 7.76. The summed E-state index contributed by atoms with van der Waals surface area (Å²) in [6, 6.07) is 11.1. The fourth-order valence-electron chi connectivity index (χ4n) is 6.33. The fraction of sp³-hybridized carbons (Fsp3) is 0.515.